The van der Waals surface area contributed by atoms with E-state index in [2.05, 4.69) is 9.84 Å². The third-order valence-electron chi connectivity index (χ3n) is 1.83. The van der Waals surface area contributed by atoms with Gasteiger partial charge in [0.2, 0.25) is 5.91 Å². The number of nitrogens with zero attached hydrogens (tertiary/aromatic N) is 1. The van der Waals surface area contributed by atoms with Crippen molar-refractivity contribution in [3.05, 3.63) is 0 Å². The van der Waals surface area contributed by atoms with Crippen LogP contribution in [-0.2, 0) is 13.9 Å². The molecule has 0 spiro atoms. The summed E-state index contributed by atoms with van der Waals surface area (Å²) in [7, 11) is -4.53. The summed E-state index contributed by atoms with van der Waals surface area (Å²) in [4.78, 5) is 29.5. The van der Waals surface area contributed by atoms with Crippen molar-refractivity contribution in [3.63, 3.8) is 0 Å². The second-order valence-corrected chi connectivity index (χ2v) is 4.13. The molecule has 1 saturated heterocycles. The number of piperazine rings is 1. The Kier molecular flexibility index (Phi) is 4.03. The van der Waals surface area contributed by atoms with E-state index in [4.69, 9.17) is 9.79 Å². The van der Waals surface area contributed by atoms with Crippen molar-refractivity contribution in [2.45, 2.75) is 0 Å². The van der Waals surface area contributed by atoms with Gasteiger partial charge >= 0.3 is 7.82 Å². The van der Waals surface area contributed by atoms with E-state index in [0.717, 1.165) is 0 Å². The molecule has 1 aliphatic rings. The number of nitrogens with one attached hydrogen (secondary N) is 1. The Morgan fingerprint density at radius 1 is 1.43 bits per heavy atom. The first-order valence-electron chi connectivity index (χ1n) is 4.17. The van der Waals surface area contributed by atoms with Gasteiger partial charge in [-0.1, -0.05) is 0 Å². The van der Waals surface area contributed by atoms with Crippen LogP contribution in [0.5, 0.6) is 0 Å². The van der Waals surface area contributed by atoms with Gasteiger partial charge in [-0.3, -0.25) is 9.32 Å². The van der Waals surface area contributed by atoms with Crippen LogP contribution >= 0.6 is 7.82 Å². The summed E-state index contributed by atoms with van der Waals surface area (Å²) in [6.07, 6.45) is 0. The van der Waals surface area contributed by atoms with Crippen molar-refractivity contribution in [3.8, 4) is 0 Å². The van der Waals surface area contributed by atoms with Crippen molar-refractivity contribution in [1.29, 1.82) is 0 Å². The Morgan fingerprint density at radius 3 is 2.50 bits per heavy atom. The zero-order valence-electron chi connectivity index (χ0n) is 7.55. The minimum atomic E-state index is -4.53. The van der Waals surface area contributed by atoms with E-state index in [1.807, 2.05) is 0 Å². The van der Waals surface area contributed by atoms with Crippen molar-refractivity contribution < 1.29 is 23.7 Å². The van der Waals surface area contributed by atoms with Gasteiger partial charge in [0.15, 0.2) is 0 Å². The topological polar surface area (TPSA) is 99.1 Å². The van der Waals surface area contributed by atoms with Crippen LogP contribution in [0.1, 0.15) is 0 Å². The Hall–Kier alpha value is -0.460. The van der Waals surface area contributed by atoms with Gasteiger partial charge in [-0.05, 0) is 0 Å². The van der Waals surface area contributed by atoms with Gasteiger partial charge in [0, 0.05) is 26.2 Å². The first-order valence-corrected chi connectivity index (χ1v) is 5.70. The number of rotatable bonds is 3. The van der Waals surface area contributed by atoms with Crippen LogP contribution in [0.25, 0.3) is 0 Å². The van der Waals surface area contributed by atoms with Crippen molar-refractivity contribution in [2.24, 2.45) is 0 Å². The highest BCUT2D eigenvalue weighted by Crippen LogP contribution is 2.35. The van der Waals surface area contributed by atoms with Crippen LogP contribution < -0.4 is 5.32 Å². The first kappa shape index (κ1) is 11.6. The summed E-state index contributed by atoms with van der Waals surface area (Å²) in [5.74, 6) is -0.394. The number of amides is 1. The van der Waals surface area contributed by atoms with Crippen molar-refractivity contribution in [1.82, 2.24) is 10.2 Å². The quantitative estimate of drug-likeness (QED) is 0.506. The average molecular weight is 224 g/mol. The maximum Gasteiger partial charge on any atom is 0.470 e. The second-order valence-electron chi connectivity index (χ2n) is 2.89. The van der Waals surface area contributed by atoms with Gasteiger partial charge in [0.25, 0.3) is 0 Å². The fourth-order valence-corrected chi connectivity index (χ4v) is 1.42. The van der Waals surface area contributed by atoms with Crippen LogP contribution in [0, 0.1) is 0 Å². The van der Waals surface area contributed by atoms with E-state index in [1.54, 1.807) is 0 Å². The van der Waals surface area contributed by atoms with E-state index >= 15 is 0 Å². The van der Waals surface area contributed by atoms with Gasteiger partial charge in [-0.2, -0.15) is 0 Å². The number of hydrogen-bond donors (Lipinski definition) is 3. The Bertz CT molecular complexity index is 247. The third kappa shape index (κ3) is 4.17. The Labute approximate surface area is 81.3 Å². The fourth-order valence-electron chi connectivity index (χ4n) is 1.14. The number of phosphoric acid groups is 1. The third-order valence-corrected chi connectivity index (χ3v) is 2.29. The molecular weight excluding hydrogens is 211 g/mol. The van der Waals surface area contributed by atoms with Crippen molar-refractivity contribution in [2.75, 3.05) is 32.8 Å². The number of carbonyl (C=O) groups excluding carboxylic acids is 1. The highest BCUT2D eigenvalue weighted by Gasteiger charge is 2.21. The molecule has 1 amide bonds. The molecule has 0 bridgehead atoms. The summed E-state index contributed by atoms with van der Waals surface area (Å²) in [6.45, 7) is 1.92. The minimum Gasteiger partial charge on any atom is -0.338 e. The molecule has 1 fully saturated rings. The molecule has 7 nitrogen and oxygen atoms in total. The molecule has 8 heteroatoms. The lowest BCUT2D eigenvalue weighted by atomic mass is 10.3. The molecule has 0 aromatic rings. The van der Waals surface area contributed by atoms with Gasteiger partial charge in [-0.15, -0.1) is 0 Å². The molecule has 0 aromatic heterocycles. The normalized spacial score (nSPS) is 18.3. The van der Waals surface area contributed by atoms with Gasteiger partial charge in [-0.25, -0.2) is 4.57 Å². The molecule has 0 aliphatic carbocycles. The zero-order valence-corrected chi connectivity index (χ0v) is 8.44. The summed E-state index contributed by atoms with van der Waals surface area (Å²) >= 11 is 0. The predicted molar refractivity (Wildman–Crippen MR) is 47.4 cm³/mol. The van der Waals surface area contributed by atoms with E-state index in [9.17, 15) is 9.36 Å². The summed E-state index contributed by atoms with van der Waals surface area (Å²) in [5.41, 5.74) is 0. The minimum absolute atomic E-state index is 0.394. The highest BCUT2D eigenvalue weighted by molar-refractivity contribution is 7.46. The van der Waals surface area contributed by atoms with Crippen LogP contribution in [0.4, 0.5) is 0 Å². The molecule has 1 rings (SSSR count). The number of carbonyl (C=O) groups is 1. The maximum atomic E-state index is 11.3. The summed E-state index contributed by atoms with van der Waals surface area (Å²) in [6, 6.07) is 0. The molecule has 0 atom stereocenters. The molecule has 14 heavy (non-hydrogen) atoms. The monoisotopic (exact) mass is 224 g/mol. The molecule has 0 unspecified atom stereocenters. The lowest BCUT2D eigenvalue weighted by Crippen LogP contribution is -2.47. The number of hydrogen-bond acceptors (Lipinski definition) is 4. The van der Waals surface area contributed by atoms with E-state index < -0.39 is 20.3 Å². The lowest BCUT2D eigenvalue weighted by Gasteiger charge is -2.27. The van der Waals surface area contributed by atoms with E-state index in [1.165, 1.54) is 4.90 Å². The summed E-state index contributed by atoms with van der Waals surface area (Å²) < 4.78 is 14.4. The van der Waals surface area contributed by atoms with Crippen molar-refractivity contribution >= 4 is 13.7 Å². The van der Waals surface area contributed by atoms with Crippen LogP contribution in [0.3, 0.4) is 0 Å². The SMILES string of the molecule is O=C(COP(=O)(O)O)N1CCNCC1. The Balaban J connectivity index is 2.30. The van der Waals surface area contributed by atoms with Gasteiger partial charge < -0.3 is 20.0 Å². The highest BCUT2D eigenvalue weighted by atomic mass is 31.2. The molecular formula is C6H13N2O5P. The maximum absolute atomic E-state index is 11.3. The summed E-state index contributed by atoms with van der Waals surface area (Å²) in [5, 5.41) is 3.05. The largest absolute Gasteiger partial charge is 0.470 e. The lowest BCUT2D eigenvalue weighted by molar-refractivity contribution is -0.134. The van der Waals surface area contributed by atoms with Crippen LogP contribution in [0.2, 0.25) is 0 Å². The molecule has 1 aliphatic heterocycles. The van der Waals surface area contributed by atoms with Crippen LogP contribution in [-0.4, -0.2) is 53.4 Å². The fraction of sp³-hybridized carbons (Fsp3) is 0.833. The molecule has 3 N–H and O–H groups in total. The standard InChI is InChI=1S/C6H13N2O5P/c9-6(5-13-14(10,11)12)8-3-1-7-2-4-8/h7H,1-5H2,(H2,10,11,12). The zero-order chi connectivity index (χ0) is 10.6. The molecule has 0 aromatic carbocycles. The molecule has 1 heterocycles. The van der Waals surface area contributed by atoms with Gasteiger partial charge in [0.05, 0.1) is 0 Å². The second kappa shape index (κ2) is 4.86. The number of phosphoric ester groups is 1. The molecule has 82 valence electrons. The molecule has 0 saturated carbocycles. The van der Waals surface area contributed by atoms with E-state index in [0.29, 0.717) is 26.2 Å². The van der Waals surface area contributed by atoms with E-state index in [-0.39, 0.29) is 0 Å². The predicted octanol–water partition coefficient (Wildman–Crippen LogP) is -1.47. The first-order chi connectivity index (χ1) is 6.49. The molecule has 0 radical (unpaired) electrons. The average Bonchev–Trinajstić information content (AvgIpc) is 2.14. The van der Waals surface area contributed by atoms with Gasteiger partial charge in [0.1, 0.15) is 6.61 Å². The Morgan fingerprint density at radius 2 is 2.00 bits per heavy atom. The van der Waals surface area contributed by atoms with Crippen LogP contribution in [0.15, 0.2) is 0 Å². The smallest absolute Gasteiger partial charge is 0.338 e.